The number of aliphatic hydroxyl groups is 1. The third-order valence-electron chi connectivity index (χ3n) is 2.03. The molecule has 0 unspecified atom stereocenters. The van der Waals surface area contributed by atoms with E-state index in [0.717, 1.165) is 24.0 Å². The van der Waals surface area contributed by atoms with E-state index in [0.29, 0.717) is 12.1 Å². The van der Waals surface area contributed by atoms with Gasteiger partial charge in [-0.3, -0.25) is 15.1 Å². The van der Waals surface area contributed by atoms with E-state index in [1.165, 1.54) is 18.4 Å². The highest BCUT2D eigenvalue weighted by atomic mass is 16.5. The normalized spacial score (nSPS) is 18.1. The van der Waals surface area contributed by atoms with Crippen LogP contribution in [0.25, 0.3) is 0 Å². The number of rotatable bonds is 4. The van der Waals surface area contributed by atoms with Crippen LogP contribution in [0.5, 0.6) is 0 Å². The number of aliphatic hydroxyl groups excluding tert-OH is 1. The van der Waals surface area contributed by atoms with Crippen molar-refractivity contribution < 1.29 is 15.1 Å². The first-order valence-corrected chi connectivity index (χ1v) is 4.94. The van der Waals surface area contributed by atoms with E-state index in [2.05, 4.69) is 0 Å². The van der Waals surface area contributed by atoms with Crippen molar-refractivity contribution in [3.05, 3.63) is 35.8 Å². The van der Waals surface area contributed by atoms with Gasteiger partial charge in [0.25, 0.3) is 0 Å². The van der Waals surface area contributed by atoms with E-state index in [9.17, 15) is 15.1 Å². The van der Waals surface area contributed by atoms with Crippen LogP contribution in [0.2, 0.25) is 0 Å². The van der Waals surface area contributed by atoms with Crippen LogP contribution >= 0.6 is 0 Å². The summed E-state index contributed by atoms with van der Waals surface area (Å²) < 4.78 is 0. The quantitative estimate of drug-likeness (QED) is 0.695. The maximum absolute atomic E-state index is 10.9. The first kappa shape index (κ1) is 11.5. The molecular weight excluding hydrogens is 194 g/mol. The SMILES string of the molecule is CCCCN(O)/C=C1\C=CC(=O)C=C1O. The second-order valence-electron chi connectivity index (χ2n) is 3.37. The van der Waals surface area contributed by atoms with Crippen molar-refractivity contribution in [3.8, 4) is 0 Å². The lowest BCUT2D eigenvalue weighted by molar-refractivity contribution is -0.110. The Bertz CT molecular complexity index is 329. The van der Waals surface area contributed by atoms with Gasteiger partial charge in [0.15, 0.2) is 5.78 Å². The average Bonchev–Trinajstić information content (AvgIpc) is 2.19. The second-order valence-corrected chi connectivity index (χ2v) is 3.37. The molecule has 0 saturated carbocycles. The monoisotopic (exact) mass is 209 g/mol. The van der Waals surface area contributed by atoms with Crippen LogP contribution in [0, 0.1) is 0 Å². The molecule has 0 spiro atoms. The molecule has 0 heterocycles. The van der Waals surface area contributed by atoms with Gasteiger partial charge in [0, 0.05) is 24.4 Å². The van der Waals surface area contributed by atoms with E-state index in [1.807, 2.05) is 6.92 Å². The lowest BCUT2D eigenvalue weighted by Crippen LogP contribution is -2.14. The average molecular weight is 209 g/mol. The van der Waals surface area contributed by atoms with Crippen molar-refractivity contribution in [3.63, 3.8) is 0 Å². The topological polar surface area (TPSA) is 60.8 Å². The maximum Gasteiger partial charge on any atom is 0.182 e. The molecule has 4 heteroatoms. The van der Waals surface area contributed by atoms with E-state index in [-0.39, 0.29) is 11.5 Å². The molecular formula is C11H15NO3. The van der Waals surface area contributed by atoms with Crippen LogP contribution in [-0.4, -0.2) is 27.7 Å². The van der Waals surface area contributed by atoms with Gasteiger partial charge >= 0.3 is 0 Å². The lowest BCUT2D eigenvalue weighted by atomic mass is 10.1. The molecule has 0 aromatic heterocycles. The zero-order valence-corrected chi connectivity index (χ0v) is 8.68. The lowest BCUT2D eigenvalue weighted by Gasteiger charge is -2.13. The fraction of sp³-hybridized carbons (Fsp3) is 0.364. The van der Waals surface area contributed by atoms with Gasteiger partial charge in [-0.15, -0.1) is 0 Å². The number of hydrogen-bond acceptors (Lipinski definition) is 4. The number of hydroxylamine groups is 2. The molecule has 0 aliphatic heterocycles. The van der Waals surface area contributed by atoms with Gasteiger partial charge in [0.2, 0.25) is 0 Å². The second kappa shape index (κ2) is 5.36. The number of unbranched alkanes of at least 4 members (excludes halogenated alkanes) is 1. The molecule has 15 heavy (non-hydrogen) atoms. The molecule has 0 fully saturated rings. The fourth-order valence-electron chi connectivity index (χ4n) is 1.18. The third kappa shape index (κ3) is 3.59. The summed E-state index contributed by atoms with van der Waals surface area (Å²) in [4.78, 5) is 10.9. The number of hydrogen-bond donors (Lipinski definition) is 2. The highest BCUT2D eigenvalue weighted by molar-refractivity contribution is 6.01. The molecule has 0 saturated heterocycles. The summed E-state index contributed by atoms with van der Waals surface area (Å²) in [5, 5.41) is 19.8. The highest BCUT2D eigenvalue weighted by Crippen LogP contribution is 2.14. The molecule has 0 atom stereocenters. The molecule has 0 aromatic rings. The van der Waals surface area contributed by atoms with Gasteiger partial charge in [0.05, 0.1) is 0 Å². The largest absolute Gasteiger partial charge is 0.507 e. The van der Waals surface area contributed by atoms with Crippen molar-refractivity contribution in [1.29, 1.82) is 0 Å². The smallest absolute Gasteiger partial charge is 0.182 e. The Morgan fingerprint density at radius 2 is 2.20 bits per heavy atom. The zero-order chi connectivity index (χ0) is 11.3. The number of allylic oxidation sites excluding steroid dienone is 3. The summed E-state index contributed by atoms with van der Waals surface area (Å²) in [6, 6.07) is 0. The van der Waals surface area contributed by atoms with Crippen LogP contribution in [0.3, 0.4) is 0 Å². The minimum atomic E-state index is -0.248. The highest BCUT2D eigenvalue weighted by Gasteiger charge is 2.09. The minimum absolute atomic E-state index is 0.113. The van der Waals surface area contributed by atoms with Gasteiger partial charge in [-0.05, 0) is 18.6 Å². The fourth-order valence-corrected chi connectivity index (χ4v) is 1.18. The predicted octanol–water partition coefficient (Wildman–Crippen LogP) is 1.94. The summed E-state index contributed by atoms with van der Waals surface area (Å²) in [5.41, 5.74) is 0.438. The van der Waals surface area contributed by atoms with Crippen LogP contribution < -0.4 is 0 Å². The Morgan fingerprint density at radius 3 is 2.80 bits per heavy atom. The molecule has 1 rings (SSSR count). The molecule has 0 aromatic carbocycles. The predicted molar refractivity (Wildman–Crippen MR) is 56.3 cm³/mol. The van der Waals surface area contributed by atoms with Gasteiger partial charge in [-0.1, -0.05) is 13.3 Å². The summed E-state index contributed by atoms with van der Waals surface area (Å²) in [5.74, 6) is -0.360. The van der Waals surface area contributed by atoms with Gasteiger partial charge in [-0.25, -0.2) is 0 Å². The Morgan fingerprint density at radius 1 is 1.47 bits per heavy atom. The third-order valence-corrected chi connectivity index (χ3v) is 2.03. The van der Waals surface area contributed by atoms with Gasteiger partial charge < -0.3 is 5.11 Å². The van der Waals surface area contributed by atoms with E-state index >= 15 is 0 Å². The van der Waals surface area contributed by atoms with Crippen molar-refractivity contribution >= 4 is 5.78 Å². The number of ketones is 1. The number of nitrogens with zero attached hydrogens (tertiary/aromatic N) is 1. The molecule has 82 valence electrons. The summed E-state index contributed by atoms with van der Waals surface area (Å²) in [6.07, 6.45) is 7.21. The summed E-state index contributed by atoms with van der Waals surface area (Å²) in [6.45, 7) is 2.53. The van der Waals surface area contributed by atoms with Crippen molar-refractivity contribution in [2.45, 2.75) is 19.8 Å². The maximum atomic E-state index is 10.9. The Hall–Kier alpha value is -1.55. The van der Waals surface area contributed by atoms with Crippen LogP contribution in [-0.2, 0) is 4.79 Å². The Kier molecular flexibility index (Phi) is 4.12. The standard InChI is InChI=1S/C11H15NO3/c1-2-3-6-12(15)8-9-4-5-10(13)7-11(9)14/h4-5,7-8,14-15H,2-3,6H2,1H3/b9-8+. The summed E-state index contributed by atoms with van der Waals surface area (Å²) >= 11 is 0. The zero-order valence-electron chi connectivity index (χ0n) is 8.68. The van der Waals surface area contributed by atoms with Crippen molar-refractivity contribution in [2.24, 2.45) is 0 Å². The van der Waals surface area contributed by atoms with Crippen molar-refractivity contribution in [1.82, 2.24) is 5.06 Å². The molecule has 1 aliphatic carbocycles. The molecule has 1 aliphatic rings. The molecule has 0 amide bonds. The number of carbonyl (C=O) groups excluding carboxylic acids is 1. The molecule has 2 N–H and O–H groups in total. The molecule has 0 radical (unpaired) electrons. The van der Waals surface area contributed by atoms with Crippen LogP contribution in [0.15, 0.2) is 35.8 Å². The Labute approximate surface area is 88.8 Å². The van der Waals surface area contributed by atoms with Crippen molar-refractivity contribution in [2.75, 3.05) is 6.54 Å². The van der Waals surface area contributed by atoms with Gasteiger partial charge in [-0.2, -0.15) is 0 Å². The number of carbonyl (C=O) groups is 1. The van der Waals surface area contributed by atoms with Crippen LogP contribution in [0.1, 0.15) is 19.8 Å². The summed E-state index contributed by atoms with van der Waals surface area (Å²) in [7, 11) is 0. The van der Waals surface area contributed by atoms with E-state index < -0.39 is 0 Å². The first-order chi connectivity index (χ1) is 7.13. The van der Waals surface area contributed by atoms with E-state index in [4.69, 9.17) is 0 Å². The van der Waals surface area contributed by atoms with Gasteiger partial charge in [0.1, 0.15) is 5.76 Å². The molecule has 0 bridgehead atoms. The van der Waals surface area contributed by atoms with Crippen LogP contribution in [0.4, 0.5) is 0 Å². The first-order valence-electron chi connectivity index (χ1n) is 4.94. The Balaban J connectivity index is 2.63. The minimum Gasteiger partial charge on any atom is -0.507 e. The molecule has 4 nitrogen and oxygen atoms in total. The van der Waals surface area contributed by atoms with E-state index in [1.54, 1.807) is 0 Å².